The third kappa shape index (κ3) is 1.13. The molecule has 0 saturated heterocycles. The third-order valence-electron chi connectivity index (χ3n) is 1.23. The van der Waals surface area contributed by atoms with Gasteiger partial charge in [-0.15, -0.1) is 0 Å². The van der Waals surface area contributed by atoms with Gasteiger partial charge in [0.15, 0.2) is 0 Å². The van der Waals surface area contributed by atoms with Gasteiger partial charge in [-0.1, -0.05) is 0 Å². The van der Waals surface area contributed by atoms with Crippen LogP contribution in [0.25, 0.3) is 0 Å². The topological polar surface area (TPSA) is 52.0 Å². The largest absolute Gasteiger partial charge is 0.366 e. The highest BCUT2D eigenvalue weighted by atomic mass is 14.7. The van der Waals surface area contributed by atoms with Crippen LogP contribution in [0, 0.1) is 5.41 Å². The van der Waals surface area contributed by atoms with Crippen molar-refractivity contribution in [2.24, 2.45) is 4.99 Å². The number of nitrogens with zero attached hydrogens (tertiary/aromatic N) is 1. The molecule has 0 unspecified atom stereocenters. The summed E-state index contributed by atoms with van der Waals surface area (Å²) in [6.07, 6.45) is 6.60. The predicted octanol–water partition coefficient (Wildman–Crippen LogP) is 1.06. The van der Waals surface area contributed by atoms with Crippen LogP contribution in [0.15, 0.2) is 17.4 Å². The van der Waals surface area contributed by atoms with E-state index in [1.165, 1.54) is 6.21 Å². The highest BCUT2D eigenvalue weighted by molar-refractivity contribution is 5.92. The van der Waals surface area contributed by atoms with Crippen molar-refractivity contribution < 1.29 is 0 Å². The normalized spacial score (nSPS) is 10.5. The molecule has 0 bridgehead atoms. The fourth-order valence-corrected chi connectivity index (χ4v) is 0.764. The fraction of sp³-hybridized carbons (Fsp3) is 0.143. The van der Waals surface area contributed by atoms with Gasteiger partial charge in [-0.3, -0.25) is 4.99 Å². The zero-order valence-corrected chi connectivity index (χ0v) is 5.76. The van der Waals surface area contributed by atoms with E-state index in [2.05, 4.69) is 9.98 Å². The molecule has 0 saturated carbocycles. The summed E-state index contributed by atoms with van der Waals surface area (Å²) in [4.78, 5) is 6.73. The molecule has 1 aromatic heterocycles. The molecule has 1 aromatic rings. The summed E-state index contributed by atoms with van der Waals surface area (Å²) >= 11 is 0. The van der Waals surface area contributed by atoms with Gasteiger partial charge in [0.25, 0.3) is 0 Å². The summed E-state index contributed by atoms with van der Waals surface area (Å²) in [6.45, 7) is 0. The number of aliphatic imine (C=N–C) groups is 1. The molecule has 10 heavy (non-hydrogen) atoms. The molecule has 2 N–H and O–H groups in total. The monoisotopic (exact) mass is 135 g/mol. The Bertz CT molecular complexity index is 247. The van der Waals surface area contributed by atoms with Crippen LogP contribution >= 0.6 is 0 Å². The van der Waals surface area contributed by atoms with Gasteiger partial charge in [0.2, 0.25) is 0 Å². The quantitative estimate of drug-likeness (QED) is 0.570. The van der Waals surface area contributed by atoms with Gasteiger partial charge in [-0.25, -0.2) is 0 Å². The minimum Gasteiger partial charge on any atom is -0.366 e. The first-order valence-electron chi connectivity index (χ1n) is 2.98. The SMILES string of the molecule is CN=Cc1c[nH]cc1C=N. The average molecular weight is 135 g/mol. The third-order valence-corrected chi connectivity index (χ3v) is 1.23. The Morgan fingerprint density at radius 1 is 1.50 bits per heavy atom. The lowest BCUT2D eigenvalue weighted by molar-refractivity contribution is 1.40. The van der Waals surface area contributed by atoms with Gasteiger partial charge in [0.05, 0.1) is 0 Å². The minimum absolute atomic E-state index is 0.866. The van der Waals surface area contributed by atoms with Crippen LogP contribution in [-0.2, 0) is 0 Å². The van der Waals surface area contributed by atoms with Crippen molar-refractivity contribution in [3.63, 3.8) is 0 Å². The zero-order chi connectivity index (χ0) is 7.40. The molecular formula is C7H9N3. The second-order valence-corrected chi connectivity index (χ2v) is 1.90. The highest BCUT2D eigenvalue weighted by Crippen LogP contribution is 2.00. The molecule has 3 nitrogen and oxygen atoms in total. The second-order valence-electron chi connectivity index (χ2n) is 1.90. The number of hydrogen-bond acceptors (Lipinski definition) is 2. The smallest absolute Gasteiger partial charge is 0.0303 e. The summed E-state index contributed by atoms with van der Waals surface area (Å²) in [5.41, 5.74) is 1.82. The van der Waals surface area contributed by atoms with E-state index in [-0.39, 0.29) is 0 Å². The van der Waals surface area contributed by atoms with Crippen molar-refractivity contribution in [1.82, 2.24) is 4.98 Å². The highest BCUT2D eigenvalue weighted by Gasteiger charge is 1.94. The van der Waals surface area contributed by atoms with Crippen LogP contribution in [0.4, 0.5) is 0 Å². The van der Waals surface area contributed by atoms with Gasteiger partial charge in [-0.2, -0.15) is 0 Å². The summed E-state index contributed by atoms with van der Waals surface area (Å²) < 4.78 is 0. The first-order chi connectivity index (χ1) is 4.88. The number of nitrogens with one attached hydrogen (secondary N) is 2. The Morgan fingerprint density at radius 2 is 2.20 bits per heavy atom. The molecular weight excluding hydrogens is 126 g/mol. The lowest BCUT2D eigenvalue weighted by atomic mass is 10.2. The van der Waals surface area contributed by atoms with Gasteiger partial charge in [0, 0.05) is 43.0 Å². The fourth-order valence-electron chi connectivity index (χ4n) is 0.764. The number of aromatic amines is 1. The molecule has 0 aliphatic carbocycles. The molecule has 52 valence electrons. The second kappa shape index (κ2) is 2.96. The average Bonchev–Trinajstić information content (AvgIpc) is 2.36. The Hall–Kier alpha value is -1.38. The molecule has 0 aliphatic rings. The zero-order valence-electron chi connectivity index (χ0n) is 5.76. The van der Waals surface area contributed by atoms with E-state index in [1.807, 2.05) is 6.20 Å². The molecule has 0 atom stereocenters. The standard InChI is InChI=1S/C7H9N3/c1-9-3-7-5-10-4-6(7)2-8/h2-5,8,10H,1H3. The van der Waals surface area contributed by atoms with E-state index in [0.29, 0.717) is 0 Å². The van der Waals surface area contributed by atoms with Crippen LogP contribution in [0.2, 0.25) is 0 Å². The maximum absolute atomic E-state index is 6.97. The van der Waals surface area contributed by atoms with E-state index in [4.69, 9.17) is 5.41 Å². The van der Waals surface area contributed by atoms with Gasteiger partial charge >= 0.3 is 0 Å². The summed E-state index contributed by atoms with van der Waals surface area (Å²) in [6, 6.07) is 0. The van der Waals surface area contributed by atoms with Crippen molar-refractivity contribution >= 4 is 12.4 Å². The molecule has 0 aliphatic heterocycles. The predicted molar refractivity (Wildman–Crippen MR) is 42.2 cm³/mol. The van der Waals surface area contributed by atoms with E-state index < -0.39 is 0 Å². The van der Waals surface area contributed by atoms with Crippen LogP contribution in [-0.4, -0.2) is 24.5 Å². The number of aromatic nitrogens is 1. The van der Waals surface area contributed by atoms with Crippen molar-refractivity contribution in [3.05, 3.63) is 23.5 Å². The van der Waals surface area contributed by atoms with Crippen LogP contribution < -0.4 is 0 Å². The lowest BCUT2D eigenvalue weighted by Gasteiger charge is -1.84. The molecule has 0 aromatic carbocycles. The maximum Gasteiger partial charge on any atom is 0.0303 e. The summed E-state index contributed by atoms with van der Waals surface area (Å²) in [5, 5.41) is 6.97. The van der Waals surface area contributed by atoms with E-state index in [9.17, 15) is 0 Å². The van der Waals surface area contributed by atoms with Crippen LogP contribution in [0.1, 0.15) is 11.1 Å². The molecule has 1 heterocycles. The van der Waals surface area contributed by atoms with Gasteiger partial charge in [0.1, 0.15) is 0 Å². The van der Waals surface area contributed by atoms with Crippen molar-refractivity contribution in [2.75, 3.05) is 7.05 Å². The number of H-pyrrole nitrogens is 1. The Kier molecular flexibility index (Phi) is 1.99. The minimum atomic E-state index is 0.866. The van der Waals surface area contributed by atoms with Crippen LogP contribution in [0.3, 0.4) is 0 Å². The van der Waals surface area contributed by atoms with Crippen molar-refractivity contribution in [1.29, 1.82) is 5.41 Å². The number of rotatable bonds is 2. The molecule has 0 amide bonds. The van der Waals surface area contributed by atoms with Crippen molar-refractivity contribution in [2.45, 2.75) is 0 Å². The van der Waals surface area contributed by atoms with Crippen LogP contribution in [0.5, 0.6) is 0 Å². The summed E-state index contributed by atoms with van der Waals surface area (Å²) in [5.74, 6) is 0. The first-order valence-corrected chi connectivity index (χ1v) is 2.98. The summed E-state index contributed by atoms with van der Waals surface area (Å²) in [7, 11) is 1.71. The van der Waals surface area contributed by atoms with Crippen molar-refractivity contribution in [3.8, 4) is 0 Å². The Balaban J connectivity index is 3.00. The maximum atomic E-state index is 6.97. The van der Waals surface area contributed by atoms with Gasteiger partial charge < -0.3 is 10.4 Å². The molecule has 1 rings (SSSR count). The Labute approximate surface area is 59.3 Å². The molecule has 0 radical (unpaired) electrons. The molecule has 3 heteroatoms. The Morgan fingerprint density at radius 3 is 2.80 bits per heavy atom. The lowest BCUT2D eigenvalue weighted by Crippen LogP contribution is -1.83. The van der Waals surface area contributed by atoms with Gasteiger partial charge in [-0.05, 0) is 0 Å². The van der Waals surface area contributed by atoms with E-state index >= 15 is 0 Å². The number of hydrogen-bond donors (Lipinski definition) is 2. The molecule has 0 spiro atoms. The van der Waals surface area contributed by atoms with E-state index in [0.717, 1.165) is 11.1 Å². The molecule has 0 fully saturated rings. The van der Waals surface area contributed by atoms with E-state index in [1.54, 1.807) is 19.5 Å². The first kappa shape index (κ1) is 6.74.